The Hall–Kier alpha value is -3.35. The number of fused-ring (bicyclic) bond motifs is 3. The summed E-state index contributed by atoms with van der Waals surface area (Å²) in [5, 5.41) is 11.8. The van der Waals surface area contributed by atoms with Crippen molar-refractivity contribution in [3.8, 4) is 11.1 Å². The maximum Gasteiger partial charge on any atom is 0.407 e. The van der Waals surface area contributed by atoms with Gasteiger partial charge in [0, 0.05) is 18.0 Å². The molecule has 0 fully saturated rings. The van der Waals surface area contributed by atoms with Crippen molar-refractivity contribution in [3.63, 3.8) is 0 Å². The second-order valence-corrected chi connectivity index (χ2v) is 8.50. The third kappa shape index (κ3) is 4.93. The van der Waals surface area contributed by atoms with Gasteiger partial charge in [0.05, 0.1) is 5.92 Å². The largest absolute Gasteiger partial charge is 0.480 e. The first kappa shape index (κ1) is 23.3. The van der Waals surface area contributed by atoms with Gasteiger partial charge in [-0.05, 0) is 43.0 Å². The molecule has 0 radical (unpaired) electrons. The number of carboxylic acid groups (broad SMARTS) is 1. The SMILES string of the molecule is CC(NC(=O)OCC1c2ccccc2-c2ccccc21)C(C)C(=O)N(CC(=O)O)C(C)C. The van der Waals surface area contributed by atoms with Crippen LogP contribution in [0.5, 0.6) is 0 Å². The van der Waals surface area contributed by atoms with E-state index < -0.39 is 24.0 Å². The summed E-state index contributed by atoms with van der Waals surface area (Å²) in [7, 11) is 0. The first-order valence-electron chi connectivity index (χ1n) is 10.8. The average Bonchev–Trinajstić information content (AvgIpc) is 3.08. The molecule has 0 bridgehead atoms. The molecule has 0 heterocycles. The first-order valence-corrected chi connectivity index (χ1v) is 10.8. The normalized spacial score (nSPS) is 14.3. The van der Waals surface area contributed by atoms with Crippen molar-refractivity contribution in [2.24, 2.45) is 5.92 Å². The zero-order chi connectivity index (χ0) is 23.4. The van der Waals surface area contributed by atoms with Crippen LogP contribution in [-0.4, -0.2) is 53.2 Å². The molecule has 7 nitrogen and oxygen atoms in total. The van der Waals surface area contributed by atoms with E-state index in [0.29, 0.717) is 0 Å². The first-order chi connectivity index (χ1) is 15.2. The predicted molar refractivity (Wildman–Crippen MR) is 121 cm³/mol. The number of carbonyl (C=O) groups excluding carboxylic acids is 2. The number of carboxylic acids is 1. The fourth-order valence-corrected chi connectivity index (χ4v) is 4.09. The number of nitrogens with one attached hydrogen (secondary N) is 1. The third-order valence-electron chi connectivity index (χ3n) is 6.04. The van der Waals surface area contributed by atoms with Crippen molar-refractivity contribution in [2.45, 2.75) is 45.7 Å². The van der Waals surface area contributed by atoms with Crippen molar-refractivity contribution < 1.29 is 24.2 Å². The number of alkyl carbamates (subject to hydrolysis) is 1. The Labute approximate surface area is 188 Å². The summed E-state index contributed by atoms with van der Waals surface area (Å²) in [6.07, 6.45) is -0.603. The van der Waals surface area contributed by atoms with E-state index in [1.807, 2.05) is 36.4 Å². The highest BCUT2D eigenvalue weighted by Crippen LogP contribution is 2.44. The van der Waals surface area contributed by atoms with Crippen LogP contribution in [0.4, 0.5) is 4.79 Å². The van der Waals surface area contributed by atoms with Crippen LogP contribution in [0.3, 0.4) is 0 Å². The van der Waals surface area contributed by atoms with E-state index in [-0.39, 0.29) is 31.0 Å². The Morgan fingerprint density at radius 2 is 1.50 bits per heavy atom. The number of ether oxygens (including phenoxy) is 1. The summed E-state index contributed by atoms with van der Waals surface area (Å²) in [4.78, 5) is 37.6. The van der Waals surface area contributed by atoms with Gasteiger partial charge in [0.1, 0.15) is 13.2 Å². The second-order valence-electron chi connectivity index (χ2n) is 8.50. The molecule has 2 aromatic carbocycles. The molecule has 2 aromatic rings. The van der Waals surface area contributed by atoms with Crippen LogP contribution in [-0.2, 0) is 14.3 Å². The van der Waals surface area contributed by atoms with Crippen LogP contribution >= 0.6 is 0 Å². The Bertz CT molecular complexity index is 958. The maximum atomic E-state index is 12.8. The van der Waals surface area contributed by atoms with E-state index in [0.717, 1.165) is 22.3 Å². The minimum atomic E-state index is -1.07. The molecule has 1 aliphatic rings. The van der Waals surface area contributed by atoms with Gasteiger partial charge in [0.2, 0.25) is 5.91 Å². The van der Waals surface area contributed by atoms with E-state index in [4.69, 9.17) is 9.84 Å². The molecule has 7 heteroatoms. The lowest BCUT2D eigenvalue weighted by atomic mass is 9.98. The van der Waals surface area contributed by atoms with Gasteiger partial charge in [-0.25, -0.2) is 4.79 Å². The molecule has 0 saturated heterocycles. The molecule has 2 N–H and O–H groups in total. The highest BCUT2D eigenvalue weighted by molar-refractivity contribution is 5.84. The fourth-order valence-electron chi connectivity index (χ4n) is 4.09. The third-order valence-corrected chi connectivity index (χ3v) is 6.04. The highest BCUT2D eigenvalue weighted by Gasteiger charge is 2.31. The van der Waals surface area contributed by atoms with Crippen LogP contribution in [0.2, 0.25) is 0 Å². The lowest BCUT2D eigenvalue weighted by Crippen LogP contribution is -2.49. The minimum Gasteiger partial charge on any atom is -0.480 e. The number of benzene rings is 2. The molecule has 1 aliphatic carbocycles. The molecule has 2 amide bonds. The number of hydrogen-bond donors (Lipinski definition) is 2. The number of aliphatic carboxylic acids is 1. The molecular weight excluding hydrogens is 408 g/mol. The zero-order valence-corrected chi connectivity index (χ0v) is 18.9. The molecule has 0 saturated carbocycles. The molecular formula is C25H30N2O5. The summed E-state index contributed by atoms with van der Waals surface area (Å²) >= 11 is 0. The zero-order valence-electron chi connectivity index (χ0n) is 18.9. The quantitative estimate of drug-likeness (QED) is 0.652. The standard InChI is InChI=1S/C25H30N2O5/c1-15(2)27(13-23(28)29)24(30)16(3)17(4)26-25(31)32-14-22-20-11-7-5-9-18(20)19-10-6-8-12-21(19)22/h5-12,15-17,22H,13-14H2,1-4H3,(H,26,31)(H,28,29). The summed E-state index contributed by atoms with van der Waals surface area (Å²) in [5.41, 5.74) is 4.55. The predicted octanol–water partition coefficient (Wildman–Crippen LogP) is 3.87. The van der Waals surface area contributed by atoms with Gasteiger partial charge in [-0.2, -0.15) is 0 Å². The van der Waals surface area contributed by atoms with E-state index >= 15 is 0 Å². The molecule has 0 spiro atoms. The summed E-state index contributed by atoms with van der Waals surface area (Å²) < 4.78 is 5.54. The van der Waals surface area contributed by atoms with Crippen molar-refractivity contribution in [2.75, 3.05) is 13.2 Å². The van der Waals surface area contributed by atoms with Crippen LogP contribution < -0.4 is 5.32 Å². The topological polar surface area (TPSA) is 95.9 Å². The number of nitrogens with zero attached hydrogens (tertiary/aromatic N) is 1. The van der Waals surface area contributed by atoms with Gasteiger partial charge in [0.15, 0.2) is 0 Å². The summed E-state index contributed by atoms with van der Waals surface area (Å²) in [6, 6.07) is 15.4. The minimum absolute atomic E-state index is 0.0467. The lowest BCUT2D eigenvalue weighted by Gasteiger charge is -2.30. The van der Waals surface area contributed by atoms with Crippen LogP contribution in [0.1, 0.15) is 44.7 Å². The van der Waals surface area contributed by atoms with E-state index in [1.165, 1.54) is 4.90 Å². The number of hydrogen-bond acceptors (Lipinski definition) is 4. The Morgan fingerprint density at radius 3 is 2.00 bits per heavy atom. The number of carbonyl (C=O) groups is 3. The highest BCUT2D eigenvalue weighted by atomic mass is 16.5. The van der Waals surface area contributed by atoms with Crippen molar-refractivity contribution >= 4 is 18.0 Å². The fraction of sp³-hybridized carbons (Fsp3) is 0.400. The molecule has 0 aliphatic heterocycles. The van der Waals surface area contributed by atoms with Gasteiger partial charge >= 0.3 is 12.1 Å². The smallest absolute Gasteiger partial charge is 0.407 e. The van der Waals surface area contributed by atoms with Gasteiger partial charge in [0.25, 0.3) is 0 Å². The van der Waals surface area contributed by atoms with Gasteiger partial charge in [-0.3, -0.25) is 9.59 Å². The van der Waals surface area contributed by atoms with E-state index in [2.05, 4.69) is 17.4 Å². The molecule has 0 aromatic heterocycles. The summed E-state index contributed by atoms with van der Waals surface area (Å²) in [6.45, 7) is 6.72. The maximum absolute atomic E-state index is 12.8. The van der Waals surface area contributed by atoms with E-state index in [9.17, 15) is 14.4 Å². The molecule has 2 unspecified atom stereocenters. The Morgan fingerprint density at radius 1 is 0.969 bits per heavy atom. The summed E-state index contributed by atoms with van der Waals surface area (Å²) in [5.74, 6) is -2.04. The Balaban J connectivity index is 1.61. The van der Waals surface area contributed by atoms with Gasteiger partial charge < -0.3 is 20.1 Å². The monoisotopic (exact) mass is 438 g/mol. The molecule has 170 valence electrons. The van der Waals surface area contributed by atoms with Crippen LogP contribution in [0.15, 0.2) is 48.5 Å². The number of amides is 2. The van der Waals surface area contributed by atoms with Crippen LogP contribution in [0.25, 0.3) is 11.1 Å². The van der Waals surface area contributed by atoms with Gasteiger partial charge in [-0.1, -0.05) is 55.5 Å². The number of rotatable bonds is 8. The molecule has 2 atom stereocenters. The van der Waals surface area contributed by atoms with E-state index in [1.54, 1.807) is 27.7 Å². The van der Waals surface area contributed by atoms with Crippen molar-refractivity contribution in [3.05, 3.63) is 59.7 Å². The molecule has 32 heavy (non-hydrogen) atoms. The van der Waals surface area contributed by atoms with Crippen molar-refractivity contribution in [1.82, 2.24) is 10.2 Å². The van der Waals surface area contributed by atoms with Gasteiger partial charge in [-0.15, -0.1) is 0 Å². The lowest BCUT2D eigenvalue weighted by molar-refractivity contribution is -0.147. The average molecular weight is 439 g/mol. The van der Waals surface area contributed by atoms with Crippen molar-refractivity contribution in [1.29, 1.82) is 0 Å². The molecule has 3 rings (SSSR count). The Kier molecular flexibility index (Phi) is 7.18. The second kappa shape index (κ2) is 9.85. The van der Waals surface area contributed by atoms with Crippen LogP contribution in [0, 0.1) is 5.92 Å².